The van der Waals surface area contributed by atoms with Gasteiger partial charge in [-0.3, -0.25) is 4.79 Å². The molecule has 0 aliphatic rings. The fourth-order valence-electron chi connectivity index (χ4n) is 1.26. The van der Waals surface area contributed by atoms with Gasteiger partial charge in [0.1, 0.15) is 5.78 Å². The molecule has 0 fully saturated rings. The van der Waals surface area contributed by atoms with Gasteiger partial charge in [-0.1, -0.05) is 36.4 Å². The number of rotatable bonds is 4. The molecular formula is C12H14O. The van der Waals surface area contributed by atoms with Crippen LogP contribution in [0, 0.1) is 5.92 Å². The molecule has 0 radical (unpaired) electrons. The Labute approximate surface area is 79.1 Å². The number of hydrogen-bond acceptors (Lipinski definition) is 1. The largest absolute Gasteiger partial charge is 0.299 e. The molecule has 68 valence electrons. The topological polar surface area (TPSA) is 17.1 Å². The van der Waals surface area contributed by atoms with Gasteiger partial charge in [0, 0.05) is 5.92 Å². The maximum absolute atomic E-state index is 11.1. The maximum atomic E-state index is 11.1. The second kappa shape index (κ2) is 4.61. The van der Waals surface area contributed by atoms with E-state index in [1.807, 2.05) is 30.3 Å². The molecule has 1 aromatic carbocycles. The van der Waals surface area contributed by atoms with Crippen LogP contribution in [0.3, 0.4) is 0 Å². The molecular weight excluding hydrogens is 160 g/mol. The summed E-state index contributed by atoms with van der Waals surface area (Å²) in [7, 11) is 0. The highest BCUT2D eigenvalue weighted by molar-refractivity contribution is 5.80. The molecule has 0 heterocycles. The molecule has 1 aromatic rings. The number of allylic oxidation sites excluding steroid dienone is 1. The van der Waals surface area contributed by atoms with Crippen molar-refractivity contribution in [1.29, 1.82) is 0 Å². The molecule has 1 unspecified atom stereocenters. The van der Waals surface area contributed by atoms with Crippen molar-refractivity contribution in [1.82, 2.24) is 0 Å². The molecule has 0 aromatic heterocycles. The van der Waals surface area contributed by atoms with Gasteiger partial charge in [0.2, 0.25) is 0 Å². The SMILES string of the molecule is C=CC(Cc1ccccc1)C(C)=O. The summed E-state index contributed by atoms with van der Waals surface area (Å²) in [5.41, 5.74) is 1.18. The summed E-state index contributed by atoms with van der Waals surface area (Å²) >= 11 is 0. The number of ketones is 1. The van der Waals surface area contributed by atoms with E-state index in [2.05, 4.69) is 6.58 Å². The molecule has 1 rings (SSSR count). The van der Waals surface area contributed by atoms with E-state index in [9.17, 15) is 4.79 Å². The number of Topliss-reactive ketones (excluding diaryl/α,β-unsaturated/α-hetero) is 1. The lowest BCUT2D eigenvalue weighted by atomic mass is 9.96. The average molecular weight is 174 g/mol. The summed E-state index contributed by atoms with van der Waals surface area (Å²) in [4.78, 5) is 11.1. The van der Waals surface area contributed by atoms with Crippen molar-refractivity contribution in [2.75, 3.05) is 0 Å². The van der Waals surface area contributed by atoms with Crippen molar-refractivity contribution in [2.24, 2.45) is 5.92 Å². The summed E-state index contributed by atoms with van der Waals surface area (Å²) < 4.78 is 0. The lowest BCUT2D eigenvalue weighted by Gasteiger charge is -2.07. The third-order valence-corrected chi connectivity index (χ3v) is 2.11. The Morgan fingerprint density at radius 3 is 2.54 bits per heavy atom. The van der Waals surface area contributed by atoms with Crippen molar-refractivity contribution in [3.63, 3.8) is 0 Å². The van der Waals surface area contributed by atoms with Gasteiger partial charge in [0.05, 0.1) is 0 Å². The summed E-state index contributed by atoms with van der Waals surface area (Å²) in [6, 6.07) is 9.99. The second-order valence-corrected chi connectivity index (χ2v) is 3.14. The molecule has 1 nitrogen and oxygen atoms in total. The van der Waals surface area contributed by atoms with E-state index in [-0.39, 0.29) is 11.7 Å². The Bertz CT molecular complexity index is 287. The summed E-state index contributed by atoms with van der Waals surface area (Å²) in [6.07, 6.45) is 2.48. The zero-order valence-electron chi connectivity index (χ0n) is 7.86. The Morgan fingerprint density at radius 2 is 2.08 bits per heavy atom. The maximum Gasteiger partial charge on any atom is 0.136 e. The minimum atomic E-state index is -0.0394. The van der Waals surface area contributed by atoms with E-state index < -0.39 is 0 Å². The number of benzene rings is 1. The van der Waals surface area contributed by atoms with Gasteiger partial charge < -0.3 is 0 Å². The molecule has 1 atom stereocenters. The zero-order chi connectivity index (χ0) is 9.68. The first-order chi connectivity index (χ1) is 6.24. The van der Waals surface area contributed by atoms with Crippen LogP contribution in [-0.2, 0) is 11.2 Å². The molecule has 0 bridgehead atoms. The van der Waals surface area contributed by atoms with Crippen LogP contribution in [0.4, 0.5) is 0 Å². The predicted octanol–water partition coefficient (Wildman–Crippen LogP) is 2.62. The molecule has 0 amide bonds. The van der Waals surface area contributed by atoms with Crippen LogP contribution >= 0.6 is 0 Å². The molecule has 0 aliphatic heterocycles. The van der Waals surface area contributed by atoms with Gasteiger partial charge in [-0.2, -0.15) is 0 Å². The van der Waals surface area contributed by atoms with Crippen LogP contribution in [0.25, 0.3) is 0 Å². The van der Waals surface area contributed by atoms with Gasteiger partial charge in [-0.05, 0) is 18.9 Å². The smallest absolute Gasteiger partial charge is 0.136 e. The first-order valence-electron chi connectivity index (χ1n) is 4.41. The highest BCUT2D eigenvalue weighted by atomic mass is 16.1. The fourth-order valence-corrected chi connectivity index (χ4v) is 1.26. The quantitative estimate of drug-likeness (QED) is 0.641. The van der Waals surface area contributed by atoms with Crippen LogP contribution in [0.1, 0.15) is 12.5 Å². The molecule has 0 spiro atoms. The van der Waals surface area contributed by atoms with Crippen molar-refractivity contribution in [3.8, 4) is 0 Å². The Hall–Kier alpha value is -1.37. The molecule has 0 saturated heterocycles. The van der Waals surface area contributed by atoms with Crippen LogP contribution < -0.4 is 0 Å². The number of carbonyl (C=O) groups is 1. The van der Waals surface area contributed by atoms with Crippen molar-refractivity contribution in [2.45, 2.75) is 13.3 Å². The number of hydrogen-bond donors (Lipinski definition) is 0. The monoisotopic (exact) mass is 174 g/mol. The summed E-state index contributed by atoms with van der Waals surface area (Å²) in [5, 5.41) is 0. The van der Waals surface area contributed by atoms with E-state index >= 15 is 0 Å². The van der Waals surface area contributed by atoms with Gasteiger partial charge >= 0.3 is 0 Å². The van der Waals surface area contributed by atoms with Gasteiger partial charge in [-0.25, -0.2) is 0 Å². The van der Waals surface area contributed by atoms with E-state index in [4.69, 9.17) is 0 Å². The van der Waals surface area contributed by atoms with E-state index in [1.54, 1.807) is 13.0 Å². The average Bonchev–Trinajstić information content (AvgIpc) is 2.15. The predicted molar refractivity (Wildman–Crippen MR) is 54.5 cm³/mol. The standard InChI is InChI=1S/C12H14O/c1-3-12(10(2)13)9-11-7-5-4-6-8-11/h3-8,12H,1,9H2,2H3. The van der Waals surface area contributed by atoms with Crippen molar-refractivity contribution >= 4 is 5.78 Å². The van der Waals surface area contributed by atoms with Crippen LogP contribution in [0.2, 0.25) is 0 Å². The third-order valence-electron chi connectivity index (χ3n) is 2.11. The van der Waals surface area contributed by atoms with E-state index in [0.29, 0.717) is 0 Å². The highest BCUT2D eigenvalue weighted by Gasteiger charge is 2.09. The van der Waals surface area contributed by atoms with E-state index in [1.165, 1.54) is 5.56 Å². The second-order valence-electron chi connectivity index (χ2n) is 3.14. The van der Waals surface area contributed by atoms with Gasteiger partial charge in [0.15, 0.2) is 0 Å². The fraction of sp³-hybridized carbons (Fsp3) is 0.250. The Kier molecular flexibility index (Phi) is 3.44. The minimum absolute atomic E-state index is 0.0394. The Balaban J connectivity index is 2.67. The summed E-state index contributed by atoms with van der Waals surface area (Å²) in [6.45, 7) is 5.26. The van der Waals surface area contributed by atoms with Crippen LogP contribution in [0.15, 0.2) is 43.0 Å². The van der Waals surface area contributed by atoms with Crippen LogP contribution in [-0.4, -0.2) is 5.78 Å². The molecule has 0 aliphatic carbocycles. The number of carbonyl (C=O) groups excluding carboxylic acids is 1. The lowest BCUT2D eigenvalue weighted by molar-refractivity contribution is -0.119. The third kappa shape index (κ3) is 2.86. The van der Waals surface area contributed by atoms with Crippen molar-refractivity contribution in [3.05, 3.63) is 48.6 Å². The van der Waals surface area contributed by atoms with Crippen molar-refractivity contribution < 1.29 is 4.79 Å². The van der Waals surface area contributed by atoms with E-state index in [0.717, 1.165) is 6.42 Å². The van der Waals surface area contributed by atoms with Gasteiger partial charge in [-0.15, -0.1) is 6.58 Å². The first kappa shape index (κ1) is 9.72. The lowest BCUT2D eigenvalue weighted by Crippen LogP contribution is -2.10. The molecule has 13 heavy (non-hydrogen) atoms. The first-order valence-corrected chi connectivity index (χ1v) is 4.41. The van der Waals surface area contributed by atoms with Gasteiger partial charge in [0.25, 0.3) is 0 Å². The summed E-state index contributed by atoms with van der Waals surface area (Å²) in [5.74, 6) is 0.140. The highest BCUT2D eigenvalue weighted by Crippen LogP contribution is 2.10. The molecule has 1 heteroatoms. The minimum Gasteiger partial charge on any atom is -0.299 e. The Morgan fingerprint density at radius 1 is 1.46 bits per heavy atom. The normalized spacial score (nSPS) is 12.1. The molecule has 0 N–H and O–H groups in total. The van der Waals surface area contributed by atoms with Crippen LogP contribution in [0.5, 0.6) is 0 Å². The zero-order valence-corrected chi connectivity index (χ0v) is 7.86. The molecule has 0 saturated carbocycles.